The van der Waals surface area contributed by atoms with Crippen molar-refractivity contribution in [2.75, 3.05) is 0 Å². The Morgan fingerprint density at radius 3 is 1.90 bits per heavy atom. The first-order chi connectivity index (χ1) is 9.53. The van der Waals surface area contributed by atoms with Crippen molar-refractivity contribution < 1.29 is 24.5 Å². The number of alkyl halides is 1. The summed E-state index contributed by atoms with van der Waals surface area (Å²) in [4.78, 5) is 23.6. The Bertz CT molecular complexity index is 617. The van der Waals surface area contributed by atoms with Gasteiger partial charge in [-0.1, -0.05) is 6.92 Å². The SMILES string of the molecule is CCC(O)(Cl)OC(=O)c1c(Br)c(Br)c(Br)c(Br)c1C(=O)O. The van der Waals surface area contributed by atoms with Crippen LogP contribution in [0.2, 0.25) is 0 Å². The molecule has 0 fully saturated rings. The van der Waals surface area contributed by atoms with Crippen LogP contribution in [-0.4, -0.2) is 27.4 Å². The lowest BCUT2D eigenvalue weighted by Gasteiger charge is -2.21. The van der Waals surface area contributed by atoms with Gasteiger partial charge in [0.05, 0.1) is 11.1 Å². The third-order valence-corrected chi connectivity index (χ3v) is 7.48. The van der Waals surface area contributed by atoms with E-state index in [0.29, 0.717) is 8.95 Å². The second kappa shape index (κ2) is 7.27. The molecule has 1 aromatic rings. The highest BCUT2D eigenvalue weighted by Crippen LogP contribution is 2.42. The van der Waals surface area contributed by atoms with Gasteiger partial charge in [0.15, 0.2) is 0 Å². The highest BCUT2D eigenvalue weighted by atomic mass is 79.9. The molecule has 1 aromatic carbocycles. The molecule has 0 spiro atoms. The number of rotatable bonds is 4. The van der Waals surface area contributed by atoms with E-state index >= 15 is 0 Å². The number of carbonyl (C=O) groups excluding carboxylic acids is 1. The zero-order valence-electron chi connectivity index (χ0n) is 10.2. The van der Waals surface area contributed by atoms with Gasteiger partial charge >= 0.3 is 11.9 Å². The van der Waals surface area contributed by atoms with Crippen LogP contribution in [0, 0.1) is 0 Å². The molecule has 1 unspecified atom stereocenters. The fraction of sp³-hybridized carbons (Fsp3) is 0.273. The van der Waals surface area contributed by atoms with Gasteiger partial charge in [-0.3, -0.25) is 0 Å². The van der Waals surface area contributed by atoms with Crippen molar-refractivity contribution in [1.29, 1.82) is 0 Å². The van der Waals surface area contributed by atoms with Crippen LogP contribution in [0.3, 0.4) is 0 Å². The Labute approximate surface area is 158 Å². The van der Waals surface area contributed by atoms with Crippen LogP contribution < -0.4 is 0 Å². The van der Waals surface area contributed by atoms with Gasteiger partial charge in [0.2, 0.25) is 0 Å². The van der Waals surface area contributed by atoms with Crippen LogP contribution in [0.5, 0.6) is 0 Å². The topological polar surface area (TPSA) is 83.8 Å². The van der Waals surface area contributed by atoms with E-state index in [1.807, 2.05) is 0 Å². The lowest BCUT2D eigenvalue weighted by atomic mass is 10.1. The second-order valence-electron chi connectivity index (χ2n) is 3.74. The van der Waals surface area contributed by atoms with E-state index < -0.39 is 17.2 Å². The number of esters is 1. The van der Waals surface area contributed by atoms with Gasteiger partial charge < -0.3 is 14.9 Å². The summed E-state index contributed by atoms with van der Waals surface area (Å²) in [6.07, 6.45) is -0.0703. The fourth-order valence-electron chi connectivity index (χ4n) is 1.29. The van der Waals surface area contributed by atoms with Crippen LogP contribution in [0.25, 0.3) is 0 Å². The molecule has 5 nitrogen and oxygen atoms in total. The van der Waals surface area contributed by atoms with Crippen LogP contribution in [-0.2, 0) is 4.74 Å². The van der Waals surface area contributed by atoms with Crippen molar-refractivity contribution in [2.45, 2.75) is 18.6 Å². The van der Waals surface area contributed by atoms with Gasteiger partial charge in [-0.05, 0) is 75.3 Å². The molecule has 0 amide bonds. The van der Waals surface area contributed by atoms with E-state index in [2.05, 4.69) is 63.7 Å². The van der Waals surface area contributed by atoms with Crippen molar-refractivity contribution in [2.24, 2.45) is 0 Å². The maximum Gasteiger partial charge on any atom is 0.343 e. The summed E-state index contributed by atoms with van der Waals surface area (Å²) in [7, 11) is 0. The molecule has 0 aliphatic heterocycles. The molecule has 116 valence electrons. The number of hydrogen-bond acceptors (Lipinski definition) is 4. The smallest absolute Gasteiger partial charge is 0.343 e. The minimum Gasteiger partial charge on any atom is -0.478 e. The Morgan fingerprint density at radius 2 is 1.52 bits per heavy atom. The normalized spacial score (nSPS) is 13.7. The molecule has 2 N–H and O–H groups in total. The number of halogens is 5. The van der Waals surface area contributed by atoms with Gasteiger partial charge in [-0.25, -0.2) is 9.59 Å². The molecule has 0 saturated carbocycles. The molecule has 1 rings (SSSR count). The van der Waals surface area contributed by atoms with Crippen molar-refractivity contribution in [3.05, 3.63) is 29.0 Å². The average Bonchev–Trinajstić information content (AvgIpc) is 2.39. The zero-order chi connectivity index (χ0) is 16.5. The Balaban J connectivity index is 3.55. The Morgan fingerprint density at radius 1 is 1.10 bits per heavy atom. The van der Waals surface area contributed by atoms with Crippen molar-refractivity contribution >= 4 is 87.3 Å². The summed E-state index contributed by atoms with van der Waals surface area (Å²) in [5.41, 5.74) is -0.609. The molecule has 0 aliphatic carbocycles. The molecular weight excluding hydrogens is 567 g/mol. The third-order valence-electron chi connectivity index (χ3n) is 2.37. The molecular formula is C11H7Br4ClO5. The highest BCUT2D eigenvalue weighted by molar-refractivity contribution is 9.15. The Kier molecular flexibility index (Phi) is 6.71. The molecule has 0 heterocycles. The van der Waals surface area contributed by atoms with Crippen molar-refractivity contribution in [1.82, 2.24) is 0 Å². The van der Waals surface area contributed by atoms with Gasteiger partial charge in [-0.15, -0.1) is 0 Å². The quantitative estimate of drug-likeness (QED) is 0.176. The molecule has 0 bridgehead atoms. The van der Waals surface area contributed by atoms with Gasteiger partial charge in [0.1, 0.15) is 0 Å². The van der Waals surface area contributed by atoms with Gasteiger partial charge in [-0.2, -0.15) is 0 Å². The summed E-state index contributed by atoms with van der Waals surface area (Å²) in [5, 5.41) is 16.7. The van der Waals surface area contributed by atoms with Gasteiger partial charge in [0.25, 0.3) is 5.25 Å². The maximum atomic E-state index is 12.2. The predicted octanol–water partition coefficient (Wildman–Crippen LogP) is 4.89. The molecule has 0 aromatic heterocycles. The lowest BCUT2D eigenvalue weighted by Crippen LogP contribution is -2.29. The average molecular weight is 574 g/mol. The number of carboxylic acids is 1. The van der Waals surface area contributed by atoms with E-state index in [-0.39, 0.29) is 26.5 Å². The molecule has 0 saturated heterocycles. The second-order valence-corrected chi connectivity index (χ2v) is 7.51. The summed E-state index contributed by atoms with van der Waals surface area (Å²) in [5.74, 6) is -2.43. The first-order valence-corrected chi connectivity index (χ1v) is 8.82. The number of hydrogen-bond donors (Lipinski definition) is 2. The molecule has 21 heavy (non-hydrogen) atoms. The van der Waals surface area contributed by atoms with Crippen molar-refractivity contribution in [3.63, 3.8) is 0 Å². The van der Waals surface area contributed by atoms with Crippen LogP contribution in [0.1, 0.15) is 34.1 Å². The first kappa shape index (κ1) is 19.4. The number of carboxylic acid groups (broad SMARTS) is 1. The zero-order valence-corrected chi connectivity index (χ0v) is 17.3. The molecule has 0 radical (unpaired) electrons. The summed E-state index contributed by atoms with van der Waals surface area (Å²) in [6, 6.07) is 0. The molecule has 10 heteroatoms. The number of aliphatic hydroxyl groups is 1. The Hall–Kier alpha value is 0.330. The third kappa shape index (κ3) is 4.20. The minimum atomic E-state index is -2.21. The predicted molar refractivity (Wildman–Crippen MR) is 90.7 cm³/mol. The largest absolute Gasteiger partial charge is 0.478 e. The number of ether oxygens (including phenoxy) is 1. The minimum absolute atomic E-state index is 0.0703. The monoisotopic (exact) mass is 570 g/mol. The summed E-state index contributed by atoms with van der Waals surface area (Å²) in [6.45, 7) is 1.50. The fourth-order valence-corrected chi connectivity index (χ4v) is 3.81. The maximum absolute atomic E-state index is 12.2. The summed E-state index contributed by atoms with van der Waals surface area (Å²) >= 11 is 18.2. The van der Waals surface area contributed by atoms with Crippen molar-refractivity contribution in [3.8, 4) is 0 Å². The number of carbonyl (C=O) groups is 2. The van der Waals surface area contributed by atoms with E-state index in [1.165, 1.54) is 6.92 Å². The van der Waals surface area contributed by atoms with E-state index in [9.17, 15) is 19.8 Å². The molecule has 0 aliphatic rings. The molecule has 1 atom stereocenters. The summed E-state index contributed by atoms with van der Waals surface area (Å²) < 4.78 is 5.83. The first-order valence-electron chi connectivity index (χ1n) is 5.27. The van der Waals surface area contributed by atoms with E-state index in [0.717, 1.165) is 0 Å². The standard InChI is InChI=1S/C11H7Br4ClO5/c1-2-11(16,20)21-10(19)4-3(9(17)18)5(12)7(14)8(15)6(4)13/h20H,2H2,1H3,(H,17,18). The number of aromatic carboxylic acids is 1. The van der Waals surface area contributed by atoms with Crippen LogP contribution in [0.15, 0.2) is 17.9 Å². The highest BCUT2D eigenvalue weighted by Gasteiger charge is 2.33. The van der Waals surface area contributed by atoms with Crippen LogP contribution in [0.4, 0.5) is 0 Å². The number of benzene rings is 1. The van der Waals surface area contributed by atoms with E-state index in [1.54, 1.807) is 0 Å². The van der Waals surface area contributed by atoms with E-state index in [4.69, 9.17) is 16.3 Å². The van der Waals surface area contributed by atoms with Crippen LogP contribution >= 0.6 is 75.3 Å². The lowest BCUT2D eigenvalue weighted by molar-refractivity contribution is -0.101. The van der Waals surface area contributed by atoms with Gasteiger partial charge in [0, 0.05) is 24.3 Å².